The number of piperidine rings is 1. The van der Waals surface area contributed by atoms with Gasteiger partial charge in [-0.15, -0.1) is 0 Å². The first-order valence-electron chi connectivity index (χ1n) is 4.66. The van der Waals surface area contributed by atoms with E-state index >= 15 is 0 Å². The van der Waals surface area contributed by atoms with Gasteiger partial charge in [-0.1, -0.05) is 0 Å². The van der Waals surface area contributed by atoms with Crippen LogP contribution in [0.25, 0.3) is 0 Å². The maximum Gasteiger partial charge on any atom is 0.107 e. The molecule has 0 aromatic carbocycles. The van der Waals surface area contributed by atoms with Gasteiger partial charge in [0.05, 0.1) is 0 Å². The number of halogens is 1. The van der Waals surface area contributed by atoms with Gasteiger partial charge in [0, 0.05) is 24.7 Å². The molecular weight excluding hydrogens is 155 g/mol. The van der Waals surface area contributed by atoms with Gasteiger partial charge in [0.2, 0.25) is 0 Å². The SMILES string of the molecule is CC(C)N1CCC(N)(CF)CC1. The summed E-state index contributed by atoms with van der Waals surface area (Å²) in [6, 6.07) is 0.564. The van der Waals surface area contributed by atoms with Gasteiger partial charge in [-0.2, -0.15) is 0 Å². The van der Waals surface area contributed by atoms with E-state index in [-0.39, 0.29) is 6.67 Å². The molecule has 72 valence electrons. The fourth-order valence-corrected chi connectivity index (χ4v) is 1.62. The molecule has 2 N–H and O–H groups in total. The van der Waals surface area contributed by atoms with Gasteiger partial charge in [0.1, 0.15) is 6.67 Å². The summed E-state index contributed by atoms with van der Waals surface area (Å²) in [5.74, 6) is 0. The first kappa shape index (κ1) is 9.93. The fourth-order valence-electron chi connectivity index (χ4n) is 1.62. The van der Waals surface area contributed by atoms with Crippen LogP contribution in [0.4, 0.5) is 4.39 Å². The molecule has 0 bridgehead atoms. The van der Waals surface area contributed by atoms with Crippen LogP contribution >= 0.6 is 0 Å². The number of nitrogens with zero attached hydrogens (tertiary/aromatic N) is 1. The molecular formula is C9H19FN2. The fraction of sp³-hybridized carbons (Fsp3) is 1.00. The number of hydrogen-bond donors (Lipinski definition) is 1. The molecule has 1 rings (SSSR count). The molecule has 0 atom stereocenters. The second-order valence-corrected chi connectivity index (χ2v) is 4.13. The Morgan fingerprint density at radius 3 is 2.25 bits per heavy atom. The Hall–Kier alpha value is -0.150. The smallest absolute Gasteiger partial charge is 0.107 e. The van der Waals surface area contributed by atoms with E-state index in [1.807, 2.05) is 0 Å². The van der Waals surface area contributed by atoms with Crippen molar-refractivity contribution in [3.63, 3.8) is 0 Å². The van der Waals surface area contributed by atoms with Gasteiger partial charge >= 0.3 is 0 Å². The maximum atomic E-state index is 12.4. The molecule has 0 saturated carbocycles. The highest BCUT2D eigenvalue weighted by Crippen LogP contribution is 2.21. The lowest BCUT2D eigenvalue weighted by atomic mass is 9.89. The van der Waals surface area contributed by atoms with Crippen molar-refractivity contribution in [2.45, 2.75) is 38.3 Å². The van der Waals surface area contributed by atoms with Gasteiger partial charge in [-0.05, 0) is 26.7 Å². The van der Waals surface area contributed by atoms with Crippen LogP contribution in [0.3, 0.4) is 0 Å². The summed E-state index contributed by atoms with van der Waals surface area (Å²) in [4.78, 5) is 2.35. The first-order chi connectivity index (χ1) is 5.57. The molecule has 0 aliphatic carbocycles. The molecule has 1 aliphatic rings. The van der Waals surface area contributed by atoms with Crippen molar-refractivity contribution in [2.75, 3.05) is 19.8 Å². The Morgan fingerprint density at radius 1 is 1.42 bits per heavy atom. The van der Waals surface area contributed by atoms with E-state index in [0.717, 1.165) is 25.9 Å². The average molecular weight is 174 g/mol. The van der Waals surface area contributed by atoms with E-state index in [4.69, 9.17) is 5.73 Å². The summed E-state index contributed by atoms with van der Waals surface area (Å²) in [5, 5.41) is 0. The Kier molecular flexibility index (Phi) is 3.07. The normalized spacial score (nSPS) is 24.8. The molecule has 0 unspecified atom stereocenters. The molecule has 12 heavy (non-hydrogen) atoms. The van der Waals surface area contributed by atoms with E-state index in [1.165, 1.54) is 0 Å². The van der Waals surface area contributed by atoms with Crippen molar-refractivity contribution in [1.29, 1.82) is 0 Å². The zero-order valence-electron chi connectivity index (χ0n) is 8.02. The summed E-state index contributed by atoms with van der Waals surface area (Å²) in [6.07, 6.45) is 1.59. The standard InChI is InChI=1S/C9H19FN2/c1-8(2)12-5-3-9(11,7-10)4-6-12/h8H,3-7,11H2,1-2H3. The zero-order chi connectivity index (χ0) is 9.19. The van der Waals surface area contributed by atoms with Crippen LogP contribution in [0.2, 0.25) is 0 Å². The van der Waals surface area contributed by atoms with Gasteiger partial charge in [-0.25, -0.2) is 4.39 Å². The highest BCUT2D eigenvalue weighted by atomic mass is 19.1. The predicted molar refractivity (Wildman–Crippen MR) is 48.8 cm³/mol. The number of nitrogens with two attached hydrogens (primary N) is 1. The largest absolute Gasteiger partial charge is 0.323 e. The minimum Gasteiger partial charge on any atom is -0.323 e. The number of rotatable bonds is 2. The third kappa shape index (κ3) is 2.17. The number of likely N-dealkylation sites (tertiary alicyclic amines) is 1. The molecule has 1 saturated heterocycles. The quantitative estimate of drug-likeness (QED) is 0.680. The maximum absolute atomic E-state index is 12.4. The highest BCUT2D eigenvalue weighted by molar-refractivity contribution is 4.90. The van der Waals surface area contributed by atoms with Crippen LogP contribution < -0.4 is 5.73 Å². The van der Waals surface area contributed by atoms with Crippen LogP contribution in [-0.2, 0) is 0 Å². The van der Waals surface area contributed by atoms with Crippen molar-refractivity contribution >= 4 is 0 Å². The monoisotopic (exact) mass is 174 g/mol. The van der Waals surface area contributed by atoms with E-state index in [0.29, 0.717) is 6.04 Å². The molecule has 1 fully saturated rings. The summed E-state index contributed by atoms with van der Waals surface area (Å²) >= 11 is 0. The molecule has 0 amide bonds. The van der Waals surface area contributed by atoms with E-state index in [2.05, 4.69) is 18.7 Å². The lowest BCUT2D eigenvalue weighted by Crippen LogP contribution is -2.53. The zero-order valence-corrected chi connectivity index (χ0v) is 8.02. The molecule has 0 radical (unpaired) electrons. The topological polar surface area (TPSA) is 29.3 Å². The van der Waals surface area contributed by atoms with Crippen molar-refractivity contribution in [1.82, 2.24) is 4.90 Å². The Balaban J connectivity index is 2.39. The van der Waals surface area contributed by atoms with Gasteiger partial charge in [0.25, 0.3) is 0 Å². The van der Waals surface area contributed by atoms with Crippen molar-refractivity contribution in [3.8, 4) is 0 Å². The lowest BCUT2D eigenvalue weighted by molar-refractivity contribution is 0.116. The second kappa shape index (κ2) is 3.71. The van der Waals surface area contributed by atoms with Crippen LogP contribution in [0, 0.1) is 0 Å². The van der Waals surface area contributed by atoms with Crippen LogP contribution in [-0.4, -0.2) is 36.2 Å². The molecule has 2 nitrogen and oxygen atoms in total. The van der Waals surface area contributed by atoms with Gasteiger partial charge < -0.3 is 10.6 Å². The van der Waals surface area contributed by atoms with E-state index in [1.54, 1.807) is 0 Å². The molecule has 3 heteroatoms. The molecule has 1 aliphatic heterocycles. The van der Waals surface area contributed by atoms with Gasteiger partial charge in [0.15, 0.2) is 0 Å². The van der Waals surface area contributed by atoms with Crippen LogP contribution in [0.5, 0.6) is 0 Å². The Morgan fingerprint density at radius 2 is 1.92 bits per heavy atom. The third-order valence-electron chi connectivity index (χ3n) is 2.79. The minimum absolute atomic E-state index is 0.376. The lowest BCUT2D eigenvalue weighted by Gasteiger charge is -2.39. The summed E-state index contributed by atoms with van der Waals surface area (Å²) in [7, 11) is 0. The Bertz CT molecular complexity index is 139. The highest BCUT2D eigenvalue weighted by Gasteiger charge is 2.31. The van der Waals surface area contributed by atoms with Crippen molar-refractivity contribution in [3.05, 3.63) is 0 Å². The van der Waals surface area contributed by atoms with E-state index < -0.39 is 5.54 Å². The predicted octanol–water partition coefficient (Wildman–Crippen LogP) is 1.16. The second-order valence-electron chi connectivity index (χ2n) is 4.13. The molecule has 0 aromatic rings. The average Bonchev–Trinajstić information content (AvgIpc) is 2.05. The summed E-state index contributed by atoms with van der Waals surface area (Å²) in [5.41, 5.74) is 5.30. The first-order valence-corrected chi connectivity index (χ1v) is 4.66. The summed E-state index contributed by atoms with van der Waals surface area (Å²) in [6.45, 7) is 5.84. The minimum atomic E-state index is -0.522. The van der Waals surface area contributed by atoms with Crippen LogP contribution in [0.1, 0.15) is 26.7 Å². The molecule has 1 heterocycles. The third-order valence-corrected chi connectivity index (χ3v) is 2.79. The van der Waals surface area contributed by atoms with Crippen LogP contribution in [0.15, 0.2) is 0 Å². The van der Waals surface area contributed by atoms with Gasteiger partial charge in [-0.3, -0.25) is 0 Å². The Labute approximate surface area is 73.9 Å². The van der Waals surface area contributed by atoms with Crippen molar-refractivity contribution in [2.24, 2.45) is 5.73 Å². The van der Waals surface area contributed by atoms with E-state index in [9.17, 15) is 4.39 Å². The molecule has 0 aromatic heterocycles. The molecule has 0 spiro atoms. The number of hydrogen-bond acceptors (Lipinski definition) is 2. The summed E-state index contributed by atoms with van der Waals surface area (Å²) < 4.78 is 12.4. The number of alkyl halides is 1. The van der Waals surface area contributed by atoms with Crippen molar-refractivity contribution < 1.29 is 4.39 Å².